The molecular formula is C19H21FN2O5. The quantitative estimate of drug-likeness (QED) is 0.567. The summed E-state index contributed by atoms with van der Waals surface area (Å²) in [6, 6.07) is 4.25. The smallest absolute Gasteiger partial charge is 0.320 e. The molecule has 1 atom stereocenters. The Morgan fingerprint density at radius 1 is 1.26 bits per heavy atom. The van der Waals surface area contributed by atoms with Crippen LogP contribution in [0, 0.1) is 11.7 Å². The molecule has 1 unspecified atom stereocenters. The summed E-state index contributed by atoms with van der Waals surface area (Å²) in [6.07, 6.45) is 0.625. The number of hydrogen-bond donors (Lipinski definition) is 0. The number of halogens is 1. The Morgan fingerprint density at radius 2 is 1.93 bits per heavy atom. The highest BCUT2D eigenvalue weighted by atomic mass is 19.1. The van der Waals surface area contributed by atoms with Crippen molar-refractivity contribution in [1.82, 2.24) is 9.55 Å². The van der Waals surface area contributed by atoms with Crippen LogP contribution in [0.2, 0.25) is 0 Å². The maximum atomic E-state index is 14.1. The highest BCUT2D eigenvalue weighted by Gasteiger charge is 2.36. The van der Waals surface area contributed by atoms with Gasteiger partial charge in [0.15, 0.2) is 5.92 Å². The molecule has 3 rings (SSSR count). The van der Waals surface area contributed by atoms with Gasteiger partial charge >= 0.3 is 11.9 Å². The fourth-order valence-corrected chi connectivity index (χ4v) is 3.45. The summed E-state index contributed by atoms with van der Waals surface area (Å²) >= 11 is 0. The van der Waals surface area contributed by atoms with Gasteiger partial charge in [-0.3, -0.25) is 19.0 Å². The maximum absolute atomic E-state index is 14.1. The van der Waals surface area contributed by atoms with E-state index in [1.165, 1.54) is 22.8 Å². The highest BCUT2D eigenvalue weighted by molar-refractivity contribution is 5.95. The van der Waals surface area contributed by atoms with Gasteiger partial charge in [-0.05, 0) is 38.8 Å². The Hall–Kier alpha value is -2.77. The van der Waals surface area contributed by atoms with Gasteiger partial charge < -0.3 is 9.47 Å². The summed E-state index contributed by atoms with van der Waals surface area (Å²) in [6.45, 7) is 3.99. The second-order valence-corrected chi connectivity index (χ2v) is 6.34. The van der Waals surface area contributed by atoms with Crippen molar-refractivity contribution in [1.29, 1.82) is 0 Å². The van der Waals surface area contributed by atoms with Crippen LogP contribution < -0.4 is 5.56 Å². The van der Waals surface area contributed by atoms with E-state index in [2.05, 4.69) is 4.98 Å². The van der Waals surface area contributed by atoms with Crippen LogP contribution in [-0.2, 0) is 25.6 Å². The van der Waals surface area contributed by atoms with Crippen molar-refractivity contribution in [2.24, 2.45) is 5.92 Å². The van der Waals surface area contributed by atoms with E-state index in [0.29, 0.717) is 18.8 Å². The lowest BCUT2D eigenvalue weighted by Gasteiger charge is -2.18. The second-order valence-electron chi connectivity index (χ2n) is 6.34. The first-order valence-electron chi connectivity index (χ1n) is 9.00. The molecule has 0 bridgehead atoms. The van der Waals surface area contributed by atoms with Gasteiger partial charge in [0.2, 0.25) is 0 Å². The van der Waals surface area contributed by atoms with Gasteiger partial charge in [0.05, 0.1) is 18.6 Å². The van der Waals surface area contributed by atoms with E-state index in [1.54, 1.807) is 13.8 Å². The number of benzene rings is 1. The predicted molar refractivity (Wildman–Crippen MR) is 94.7 cm³/mol. The molecule has 2 aromatic rings. The molecule has 0 fully saturated rings. The average molecular weight is 376 g/mol. The lowest BCUT2D eigenvalue weighted by Crippen LogP contribution is -2.30. The van der Waals surface area contributed by atoms with Crippen LogP contribution in [0.3, 0.4) is 0 Å². The number of carbonyl (C=O) groups excluding carboxylic acids is 2. The van der Waals surface area contributed by atoms with Crippen LogP contribution in [0.5, 0.6) is 0 Å². The monoisotopic (exact) mass is 376 g/mol. The third kappa shape index (κ3) is 3.56. The van der Waals surface area contributed by atoms with E-state index in [-0.39, 0.29) is 42.0 Å². The molecular weight excluding hydrogens is 355 g/mol. The van der Waals surface area contributed by atoms with Crippen molar-refractivity contribution in [3.8, 4) is 0 Å². The third-order valence-corrected chi connectivity index (χ3v) is 4.69. The number of nitrogens with zero attached hydrogens (tertiary/aromatic N) is 2. The number of hydrogen-bond acceptors (Lipinski definition) is 6. The molecule has 0 amide bonds. The van der Waals surface area contributed by atoms with Crippen molar-refractivity contribution < 1.29 is 23.5 Å². The molecule has 8 heteroatoms. The van der Waals surface area contributed by atoms with Crippen molar-refractivity contribution in [2.75, 3.05) is 13.2 Å². The number of fused-ring (bicyclic) bond motifs is 2. The molecule has 2 heterocycles. The number of rotatable bonds is 6. The normalized spacial score (nSPS) is 15.8. The number of esters is 2. The van der Waals surface area contributed by atoms with E-state index in [0.717, 1.165) is 0 Å². The molecule has 0 saturated heterocycles. The van der Waals surface area contributed by atoms with Gasteiger partial charge in [0, 0.05) is 12.5 Å². The standard InChI is InChI=1S/C19H21FN2O5/c1-3-26-18(24)13(19(25)27-4-2)10-11-8-9-22-16(11)21-15-12(17(22)23)6-5-7-14(15)20/h5-7,11,13H,3-4,8-10H2,1-2H3. The lowest BCUT2D eigenvalue weighted by molar-refractivity contribution is -0.162. The molecule has 7 nitrogen and oxygen atoms in total. The fourth-order valence-electron chi connectivity index (χ4n) is 3.45. The summed E-state index contributed by atoms with van der Waals surface area (Å²) in [5.74, 6) is -2.97. The summed E-state index contributed by atoms with van der Waals surface area (Å²) in [5, 5.41) is 0.215. The number of ether oxygens (including phenoxy) is 2. The molecule has 1 aliphatic rings. The van der Waals surface area contributed by atoms with Crippen LogP contribution >= 0.6 is 0 Å². The molecule has 1 aliphatic heterocycles. The molecule has 0 spiro atoms. The van der Waals surface area contributed by atoms with Gasteiger partial charge in [0.1, 0.15) is 17.2 Å². The predicted octanol–water partition coefficient (Wildman–Crippen LogP) is 2.16. The van der Waals surface area contributed by atoms with Crippen LogP contribution in [0.1, 0.15) is 38.4 Å². The molecule has 1 aromatic carbocycles. The van der Waals surface area contributed by atoms with Crippen molar-refractivity contribution in [3.05, 3.63) is 40.2 Å². The van der Waals surface area contributed by atoms with Crippen molar-refractivity contribution >= 4 is 22.8 Å². The van der Waals surface area contributed by atoms with Crippen LogP contribution in [0.4, 0.5) is 4.39 Å². The van der Waals surface area contributed by atoms with Crippen molar-refractivity contribution in [2.45, 2.75) is 39.2 Å². The summed E-state index contributed by atoms with van der Waals surface area (Å²) < 4.78 is 25.6. The first-order valence-corrected chi connectivity index (χ1v) is 9.00. The molecule has 144 valence electrons. The van der Waals surface area contributed by atoms with Gasteiger partial charge in [-0.2, -0.15) is 0 Å². The zero-order valence-electron chi connectivity index (χ0n) is 15.2. The average Bonchev–Trinajstić information content (AvgIpc) is 3.04. The fraction of sp³-hybridized carbons (Fsp3) is 0.474. The molecule has 0 N–H and O–H groups in total. The van der Waals surface area contributed by atoms with Crippen LogP contribution in [0.25, 0.3) is 10.9 Å². The Balaban J connectivity index is 1.97. The Labute approximate surface area is 155 Å². The van der Waals surface area contributed by atoms with Crippen LogP contribution in [-0.4, -0.2) is 34.7 Å². The van der Waals surface area contributed by atoms with E-state index in [1.807, 2.05) is 0 Å². The van der Waals surface area contributed by atoms with Gasteiger partial charge in [-0.1, -0.05) is 6.07 Å². The zero-order valence-corrected chi connectivity index (χ0v) is 15.2. The van der Waals surface area contributed by atoms with Gasteiger partial charge in [0.25, 0.3) is 5.56 Å². The first kappa shape index (κ1) is 19.0. The van der Waals surface area contributed by atoms with E-state index >= 15 is 0 Å². The molecule has 0 saturated carbocycles. The largest absolute Gasteiger partial charge is 0.465 e. The summed E-state index contributed by atoms with van der Waals surface area (Å²) in [7, 11) is 0. The van der Waals surface area contributed by atoms with Crippen LogP contribution in [0.15, 0.2) is 23.0 Å². The van der Waals surface area contributed by atoms with Crippen molar-refractivity contribution in [3.63, 3.8) is 0 Å². The number of para-hydroxylation sites is 1. The second kappa shape index (κ2) is 7.85. The van der Waals surface area contributed by atoms with E-state index < -0.39 is 23.7 Å². The van der Waals surface area contributed by atoms with E-state index in [9.17, 15) is 18.8 Å². The Kier molecular flexibility index (Phi) is 5.53. The number of carbonyl (C=O) groups is 2. The third-order valence-electron chi connectivity index (χ3n) is 4.69. The minimum atomic E-state index is -1.10. The minimum Gasteiger partial charge on any atom is -0.465 e. The van der Waals surface area contributed by atoms with Gasteiger partial charge in [-0.15, -0.1) is 0 Å². The molecule has 0 aliphatic carbocycles. The molecule has 0 radical (unpaired) electrons. The minimum absolute atomic E-state index is 0.00414. The first-order chi connectivity index (χ1) is 13.0. The SMILES string of the molecule is CCOC(=O)C(CC1CCn2c1nc1c(F)cccc1c2=O)C(=O)OCC. The topological polar surface area (TPSA) is 87.5 Å². The lowest BCUT2D eigenvalue weighted by atomic mass is 9.93. The Bertz CT molecular complexity index is 922. The number of aromatic nitrogens is 2. The molecule has 1 aromatic heterocycles. The summed E-state index contributed by atoms with van der Waals surface area (Å²) in [5.41, 5.74) is -0.315. The Morgan fingerprint density at radius 3 is 2.56 bits per heavy atom. The molecule has 27 heavy (non-hydrogen) atoms. The van der Waals surface area contributed by atoms with E-state index in [4.69, 9.17) is 9.47 Å². The summed E-state index contributed by atoms with van der Waals surface area (Å²) in [4.78, 5) is 41.4. The zero-order chi connectivity index (χ0) is 19.6. The highest BCUT2D eigenvalue weighted by Crippen LogP contribution is 2.33. The maximum Gasteiger partial charge on any atom is 0.320 e. The van der Waals surface area contributed by atoms with Gasteiger partial charge in [-0.25, -0.2) is 9.37 Å².